The van der Waals surface area contributed by atoms with Crippen LogP contribution in [0.15, 0.2) is 215 Å². The van der Waals surface area contributed by atoms with Gasteiger partial charge >= 0.3 is 0 Å². The quantitative estimate of drug-likeness (QED) is 0.165. The van der Waals surface area contributed by atoms with Crippen LogP contribution in [0.1, 0.15) is 49.9 Å². The number of rotatable bonds is 4. The molecule has 0 N–H and O–H groups in total. The number of hydrogen-bond acceptors (Lipinski definition) is 2. The molecule has 70 heavy (non-hydrogen) atoms. The Morgan fingerprint density at radius 3 is 1.04 bits per heavy atom. The van der Waals surface area contributed by atoms with E-state index < -0.39 is 0 Å². The molecule has 2 heterocycles. The minimum Gasteiger partial charge on any atom is -0.456 e. The summed E-state index contributed by atoms with van der Waals surface area (Å²) in [6.45, 7) is 9.53. The van der Waals surface area contributed by atoms with Crippen molar-refractivity contribution in [2.24, 2.45) is 0 Å². The van der Waals surface area contributed by atoms with E-state index in [0.29, 0.717) is 0 Å². The van der Waals surface area contributed by atoms with E-state index in [1.54, 1.807) is 0 Å². The van der Waals surface area contributed by atoms with E-state index in [9.17, 15) is 0 Å². The maximum Gasteiger partial charge on any atom is 0.135 e. The Bertz CT molecular complexity index is 4130. The fraction of sp³-hybridized carbons (Fsp3) is 0.0882. The van der Waals surface area contributed by atoms with Crippen molar-refractivity contribution in [1.82, 2.24) is 0 Å². The first-order valence-electron chi connectivity index (χ1n) is 24.6. The van der Waals surface area contributed by atoms with Crippen LogP contribution in [0.5, 0.6) is 0 Å². The molecule has 0 fully saturated rings. The molecule has 0 bridgehead atoms. The Balaban J connectivity index is 1.04. The van der Waals surface area contributed by atoms with Gasteiger partial charge in [0.25, 0.3) is 0 Å². The van der Waals surface area contributed by atoms with Gasteiger partial charge < -0.3 is 8.83 Å². The molecule has 2 aliphatic carbocycles. The minimum absolute atomic E-state index is 0.153. The monoisotopic (exact) mass is 894 g/mol. The van der Waals surface area contributed by atoms with Gasteiger partial charge in [0.05, 0.1) is 0 Å². The van der Waals surface area contributed by atoms with E-state index in [-0.39, 0.29) is 10.8 Å². The summed E-state index contributed by atoms with van der Waals surface area (Å²) in [5, 5.41) is 9.44. The lowest BCUT2D eigenvalue weighted by atomic mass is 9.79. The second-order valence-corrected chi connectivity index (χ2v) is 20.8. The topological polar surface area (TPSA) is 26.3 Å². The molecule has 0 radical (unpaired) electrons. The van der Waals surface area contributed by atoms with Crippen LogP contribution < -0.4 is 0 Å². The highest BCUT2D eigenvalue weighted by Crippen LogP contribution is 2.54. The summed E-state index contributed by atoms with van der Waals surface area (Å²) in [5.74, 6) is 0. The second-order valence-electron chi connectivity index (χ2n) is 20.8. The van der Waals surface area contributed by atoms with Gasteiger partial charge in [0.2, 0.25) is 0 Å². The molecule has 2 aromatic heterocycles. The van der Waals surface area contributed by atoms with Gasteiger partial charge in [0.15, 0.2) is 0 Å². The van der Waals surface area contributed by atoms with E-state index in [0.717, 1.165) is 55.0 Å². The average Bonchev–Trinajstić information content (AvgIpc) is 4.09. The highest BCUT2D eigenvalue weighted by atomic mass is 16.3. The van der Waals surface area contributed by atoms with Crippen molar-refractivity contribution in [2.75, 3.05) is 0 Å². The second kappa shape index (κ2) is 14.1. The van der Waals surface area contributed by atoms with E-state index in [4.69, 9.17) is 8.83 Å². The first kappa shape index (κ1) is 39.5. The molecule has 11 aromatic carbocycles. The predicted octanol–water partition coefficient (Wildman–Crippen LogP) is 19.1. The maximum absolute atomic E-state index is 6.32. The van der Waals surface area contributed by atoms with Crippen LogP contribution in [0, 0.1) is 0 Å². The third kappa shape index (κ3) is 5.45. The molecule has 0 spiro atoms. The standard InChI is InChI=1S/C68H46O2/c1-67(2)57-17-9-5-13-45(57)47-27-23-43(37-59(47)67)65-51-29-21-40(42-26-32-64-54(34-42)50-16-8-12-20-62(50)70-64)36-56(51)66(44-24-28-48-46-14-6-10-18-58(46)68(3,4)60(48)38-44)52-30-22-39(35-55(52)65)41-25-31-63-53(33-41)49-15-7-11-19-61(49)69-63/h5-38H,1-4H3. The number of hydrogen-bond donors (Lipinski definition) is 0. The highest BCUT2D eigenvalue weighted by Gasteiger charge is 2.37. The molecule has 0 saturated heterocycles. The van der Waals surface area contributed by atoms with Crippen molar-refractivity contribution in [1.29, 1.82) is 0 Å². The Labute approximate surface area is 406 Å². The summed E-state index contributed by atoms with van der Waals surface area (Å²) in [7, 11) is 0. The molecular weight excluding hydrogens is 849 g/mol. The van der Waals surface area contributed by atoms with Crippen LogP contribution in [0.3, 0.4) is 0 Å². The number of para-hydroxylation sites is 2. The van der Waals surface area contributed by atoms with Crippen LogP contribution in [-0.4, -0.2) is 0 Å². The minimum atomic E-state index is -0.153. The predicted molar refractivity (Wildman–Crippen MR) is 293 cm³/mol. The first-order chi connectivity index (χ1) is 34.2. The summed E-state index contributed by atoms with van der Waals surface area (Å²) >= 11 is 0. The SMILES string of the molecule is CC1(C)c2ccccc2-c2ccc(-c3c4ccc(-c5ccc6oc7ccccc7c6c5)cc4c(-c4ccc5c(c4)C(C)(C)c4ccccc4-5)c4ccc(-c5ccc6oc7ccccc7c6c5)cc34)cc21. The summed E-state index contributed by atoms with van der Waals surface area (Å²) in [4.78, 5) is 0. The van der Waals surface area contributed by atoms with E-state index in [1.807, 2.05) is 12.1 Å². The van der Waals surface area contributed by atoms with E-state index >= 15 is 0 Å². The third-order valence-electron chi connectivity index (χ3n) is 16.3. The Hall–Kier alpha value is -8.46. The fourth-order valence-corrected chi connectivity index (χ4v) is 12.7. The normalized spacial score (nSPS) is 14.2. The van der Waals surface area contributed by atoms with Gasteiger partial charge in [-0.2, -0.15) is 0 Å². The van der Waals surface area contributed by atoms with Gasteiger partial charge in [0.1, 0.15) is 22.3 Å². The van der Waals surface area contributed by atoms with Crippen LogP contribution in [0.4, 0.5) is 0 Å². The Kier molecular flexibility index (Phi) is 7.94. The van der Waals surface area contributed by atoms with Crippen molar-refractivity contribution < 1.29 is 8.83 Å². The first-order valence-corrected chi connectivity index (χ1v) is 24.6. The summed E-state index contributed by atoms with van der Waals surface area (Å²) in [5.41, 5.74) is 23.7. The van der Waals surface area contributed by atoms with Crippen molar-refractivity contribution >= 4 is 65.4 Å². The summed E-state index contributed by atoms with van der Waals surface area (Å²) in [6.07, 6.45) is 0. The van der Waals surface area contributed by atoms with Crippen LogP contribution in [0.2, 0.25) is 0 Å². The lowest BCUT2D eigenvalue weighted by molar-refractivity contribution is 0.660. The molecule has 13 aromatic rings. The molecule has 2 aliphatic rings. The van der Waals surface area contributed by atoms with Gasteiger partial charge in [-0.3, -0.25) is 0 Å². The molecule has 2 nitrogen and oxygen atoms in total. The van der Waals surface area contributed by atoms with Gasteiger partial charge in [-0.15, -0.1) is 0 Å². The Morgan fingerprint density at radius 2 is 0.586 bits per heavy atom. The van der Waals surface area contributed by atoms with Crippen molar-refractivity contribution in [2.45, 2.75) is 38.5 Å². The van der Waals surface area contributed by atoms with Gasteiger partial charge in [-0.1, -0.05) is 173 Å². The molecule has 15 rings (SSSR count). The molecule has 0 atom stereocenters. The number of benzene rings is 11. The molecule has 0 amide bonds. The fourth-order valence-electron chi connectivity index (χ4n) is 12.7. The van der Waals surface area contributed by atoms with E-state index in [1.165, 1.54) is 99.4 Å². The third-order valence-corrected chi connectivity index (χ3v) is 16.3. The summed E-state index contributed by atoms with van der Waals surface area (Å²) < 4.78 is 12.6. The molecule has 0 aliphatic heterocycles. The van der Waals surface area contributed by atoms with Gasteiger partial charge in [-0.05, 0) is 171 Å². The Morgan fingerprint density at radius 1 is 0.243 bits per heavy atom. The van der Waals surface area contributed by atoms with Crippen LogP contribution in [0.25, 0.3) is 132 Å². The summed E-state index contributed by atoms with van der Waals surface area (Å²) in [6, 6.07) is 76.9. The van der Waals surface area contributed by atoms with E-state index in [2.05, 4.69) is 222 Å². The molecule has 2 heteroatoms. The van der Waals surface area contributed by atoms with Crippen molar-refractivity contribution in [3.05, 3.63) is 229 Å². The van der Waals surface area contributed by atoms with Crippen molar-refractivity contribution in [3.63, 3.8) is 0 Å². The van der Waals surface area contributed by atoms with Crippen LogP contribution >= 0.6 is 0 Å². The van der Waals surface area contributed by atoms with Crippen molar-refractivity contribution in [3.8, 4) is 66.8 Å². The smallest absolute Gasteiger partial charge is 0.135 e. The van der Waals surface area contributed by atoms with Gasteiger partial charge in [0, 0.05) is 32.4 Å². The molecule has 0 saturated carbocycles. The maximum atomic E-state index is 6.32. The number of furan rings is 2. The zero-order valence-corrected chi connectivity index (χ0v) is 39.4. The number of fused-ring (bicyclic) bond motifs is 14. The van der Waals surface area contributed by atoms with Crippen LogP contribution in [-0.2, 0) is 10.8 Å². The molecule has 0 unspecified atom stereocenters. The highest BCUT2D eigenvalue weighted by molar-refractivity contribution is 6.23. The average molecular weight is 895 g/mol. The van der Waals surface area contributed by atoms with Gasteiger partial charge in [-0.25, -0.2) is 0 Å². The zero-order valence-electron chi connectivity index (χ0n) is 39.4. The largest absolute Gasteiger partial charge is 0.456 e. The molecular formula is C68H46O2. The molecule has 330 valence electrons. The zero-order chi connectivity index (χ0) is 46.6. The lowest BCUT2D eigenvalue weighted by Crippen LogP contribution is -2.15. The lowest BCUT2D eigenvalue weighted by Gasteiger charge is -2.24.